The standard InChI is InChI=1S/C15H16Cl2N4O2/c1-23-4-2-3-18-15-19-8-10(9-20-15)14(22)21-13-6-11(16)5-12(17)7-13/h5-9H,2-4H2,1H3,(H,21,22)(H,18,19,20). The molecule has 0 aliphatic carbocycles. The first kappa shape index (κ1) is 17.5. The molecular formula is C15H16Cl2N4O2. The van der Waals surface area contributed by atoms with Crippen molar-refractivity contribution in [1.82, 2.24) is 9.97 Å². The summed E-state index contributed by atoms with van der Waals surface area (Å²) < 4.78 is 4.95. The van der Waals surface area contributed by atoms with E-state index in [1.165, 1.54) is 12.4 Å². The Hall–Kier alpha value is -1.89. The molecule has 0 bridgehead atoms. The van der Waals surface area contributed by atoms with E-state index in [4.69, 9.17) is 27.9 Å². The highest BCUT2D eigenvalue weighted by Crippen LogP contribution is 2.22. The Balaban J connectivity index is 1.94. The van der Waals surface area contributed by atoms with Crippen molar-refractivity contribution in [2.75, 3.05) is 30.9 Å². The summed E-state index contributed by atoms with van der Waals surface area (Å²) in [6, 6.07) is 4.81. The van der Waals surface area contributed by atoms with Crippen LogP contribution in [0.25, 0.3) is 0 Å². The van der Waals surface area contributed by atoms with Gasteiger partial charge in [0.2, 0.25) is 5.95 Å². The molecule has 0 saturated heterocycles. The van der Waals surface area contributed by atoms with E-state index in [0.29, 0.717) is 40.4 Å². The Labute approximate surface area is 144 Å². The molecule has 8 heteroatoms. The van der Waals surface area contributed by atoms with E-state index in [-0.39, 0.29) is 5.91 Å². The molecule has 6 nitrogen and oxygen atoms in total. The third kappa shape index (κ3) is 5.67. The van der Waals surface area contributed by atoms with Crippen LogP contribution >= 0.6 is 23.2 Å². The van der Waals surface area contributed by atoms with E-state index in [1.807, 2.05) is 0 Å². The van der Waals surface area contributed by atoms with Crippen LogP contribution in [0.2, 0.25) is 10.0 Å². The van der Waals surface area contributed by atoms with Crippen LogP contribution in [0.1, 0.15) is 16.8 Å². The first-order chi connectivity index (χ1) is 11.1. The zero-order chi connectivity index (χ0) is 16.7. The van der Waals surface area contributed by atoms with Crippen LogP contribution in [0.5, 0.6) is 0 Å². The lowest BCUT2D eigenvalue weighted by Gasteiger charge is -2.07. The van der Waals surface area contributed by atoms with E-state index < -0.39 is 0 Å². The Bertz CT molecular complexity index is 645. The number of benzene rings is 1. The van der Waals surface area contributed by atoms with Gasteiger partial charge < -0.3 is 15.4 Å². The molecule has 0 radical (unpaired) electrons. The molecule has 2 N–H and O–H groups in total. The van der Waals surface area contributed by atoms with Crippen molar-refractivity contribution in [3.05, 3.63) is 46.2 Å². The van der Waals surface area contributed by atoms with Crippen LogP contribution in [-0.2, 0) is 4.74 Å². The van der Waals surface area contributed by atoms with Crippen molar-refractivity contribution in [1.29, 1.82) is 0 Å². The monoisotopic (exact) mass is 354 g/mol. The summed E-state index contributed by atoms with van der Waals surface area (Å²) in [4.78, 5) is 20.3. The minimum Gasteiger partial charge on any atom is -0.385 e. The number of halogens is 2. The second-order valence-electron chi connectivity index (χ2n) is 4.68. The molecule has 1 aromatic carbocycles. The normalized spacial score (nSPS) is 10.4. The summed E-state index contributed by atoms with van der Waals surface area (Å²) in [7, 11) is 1.65. The van der Waals surface area contributed by atoms with E-state index in [1.54, 1.807) is 25.3 Å². The van der Waals surface area contributed by atoms with Crippen LogP contribution in [0.15, 0.2) is 30.6 Å². The van der Waals surface area contributed by atoms with Gasteiger partial charge in [0.1, 0.15) is 0 Å². The Morgan fingerprint density at radius 2 is 1.83 bits per heavy atom. The molecule has 0 unspecified atom stereocenters. The predicted molar refractivity (Wildman–Crippen MR) is 91.4 cm³/mol. The van der Waals surface area contributed by atoms with Crippen molar-refractivity contribution in [2.45, 2.75) is 6.42 Å². The summed E-state index contributed by atoms with van der Waals surface area (Å²) in [6.45, 7) is 1.36. The fraction of sp³-hybridized carbons (Fsp3) is 0.267. The van der Waals surface area contributed by atoms with Crippen LogP contribution in [0.3, 0.4) is 0 Å². The minimum atomic E-state index is -0.339. The van der Waals surface area contributed by atoms with E-state index >= 15 is 0 Å². The number of nitrogens with one attached hydrogen (secondary N) is 2. The first-order valence-electron chi connectivity index (χ1n) is 6.91. The van der Waals surface area contributed by atoms with Gasteiger partial charge in [0.05, 0.1) is 5.56 Å². The highest BCUT2D eigenvalue weighted by atomic mass is 35.5. The lowest BCUT2D eigenvalue weighted by molar-refractivity contribution is 0.102. The van der Waals surface area contributed by atoms with Gasteiger partial charge in [-0.05, 0) is 24.6 Å². The van der Waals surface area contributed by atoms with Gasteiger partial charge in [-0.15, -0.1) is 0 Å². The highest BCUT2D eigenvalue weighted by molar-refractivity contribution is 6.35. The van der Waals surface area contributed by atoms with Crippen LogP contribution < -0.4 is 10.6 Å². The number of rotatable bonds is 7. The van der Waals surface area contributed by atoms with Gasteiger partial charge in [-0.2, -0.15) is 0 Å². The largest absolute Gasteiger partial charge is 0.385 e. The molecule has 2 rings (SSSR count). The van der Waals surface area contributed by atoms with Crippen LogP contribution in [0.4, 0.5) is 11.6 Å². The van der Waals surface area contributed by atoms with E-state index in [9.17, 15) is 4.79 Å². The summed E-state index contributed by atoms with van der Waals surface area (Å²) in [5.41, 5.74) is 0.845. The Morgan fingerprint density at radius 3 is 2.43 bits per heavy atom. The van der Waals surface area contributed by atoms with Crippen LogP contribution in [0, 0.1) is 0 Å². The first-order valence-corrected chi connectivity index (χ1v) is 7.66. The van der Waals surface area contributed by atoms with Gasteiger partial charge >= 0.3 is 0 Å². The smallest absolute Gasteiger partial charge is 0.258 e. The van der Waals surface area contributed by atoms with Gasteiger partial charge in [-0.1, -0.05) is 23.2 Å². The SMILES string of the molecule is COCCCNc1ncc(C(=O)Nc2cc(Cl)cc(Cl)c2)cn1. The van der Waals surface area contributed by atoms with Gasteiger partial charge in [0.15, 0.2) is 0 Å². The Morgan fingerprint density at radius 1 is 1.17 bits per heavy atom. The minimum absolute atomic E-state index is 0.337. The van der Waals surface area contributed by atoms with Crippen molar-refractivity contribution in [3.63, 3.8) is 0 Å². The Kier molecular flexibility index (Phi) is 6.58. The number of methoxy groups -OCH3 is 1. The van der Waals surface area contributed by atoms with Crippen molar-refractivity contribution in [3.8, 4) is 0 Å². The molecule has 0 aliphatic rings. The van der Waals surface area contributed by atoms with E-state index in [2.05, 4.69) is 20.6 Å². The van der Waals surface area contributed by atoms with Crippen molar-refractivity contribution < 1.29 is 9.53 Å². The second-order valence-corrected chi connectivity index (χ2v) is 5.55. The third-order valence-corrected chi connectivity index (χ3v) is 3.28. The molecular weight excluding hydrogens is 339 g/mol. The molecule has 1 aromatic heterocycles. The van der Waals surface area contributed by atoms with Gasteiger partial charge in [-0.25, -0.2) is 9.97 Å². The summed E-state index contributed by atoms with van der Waals surface area (Å²) in [5.74, 6) is 0.123. The topological polar surface area (TPSA) is 76.1 Å². The number of aromatic nitrogens is 2. The lowest BCUT2D eigenvalue weighted by atomic mass is 10.3. The predicted octanol–water partition coefficient (Wildman–Crippen LogP) is 3.48. The summed E-state index contributed by atoms with van der Waals surface area (Å²) in [6.07, 6.45) is 3.75. The number of amides is 1. The third-order valence-electron chi connectivity index (χ3n) is 2.84. The fourth-order valence-electron chi connectivity index (χ4n) is 1.78. The van der Waals surface area contributed by atoms with Crippen molar-refractivity contribution in [2.24, 2.45) is 0 Å². The second kappa shape index (κ2) is 8.67. The fourth-order valence-corrected chi connectivity index (χ4v) is 2.31. The lowest BCUT2D eigenvalue weighted by Crippen LogP contribution is -2.14. The van der Waals surface area contributed by atoms with E-state index in [0.717, 1.165) is 6.42 Å². The molecule has 0 atom stereocenters. The average molecular weight is 355 g/mol. The molecule has 0 fully saturated rings. The summed E-state index contributed by atoms with van der Waals surface area (Å²) >= 11 is 11.8. The maximum Gasteiger partial charge on any atom is 0.258 e. The maximum atomic E-state index is 12.1. The molecule has 2 aromatic rings. The highest BCUT2D eigenvalue weighted by Gasteiger charge is 2.09. The number of nitrogens with zero attached hydrogens (tertiary/aromatic N) is 2. The average Bonchev–Trinajstić information content (AvgIpc) is 2.51. The number of hydrogen-bond donors (Lipinski definition) is 2. The van der Waals surface area contributed by atoms with Crippen LogP contribution in [-0.4, -0.2) is 36.1 Å². The molecule has 1 heterocycles. The quantitative estimate of drug-likeness (QED) is 0.744. The van der Waals surface area contributed by atoms with Gasteiger partial charge in [-0.3, -0.25) is 4.79 Å². The molecule has 23 heavy (non-hydrogen) atoms. The molecule has 0 aliphatic heterocycles. The zero-order valence-electron chi connectivity index (χ0n) is 12.5. The van der Waals surface area contributed by atoms with Crippen molar-refractivity contribution >= 4 is 40.7 Å². The summed E-state index contributed by atoms with van der Waals surface area (Å²) in [5, 5.41) is 6.62. The number of anilines is 2. The molecule has 0 saturated carbocycles. The number of carbonyl (C=O) groups excluding carboxylic acids is 1. The molecule has 1 amide bonds. The number of hydrogen-bond acceptors (Lipinski definition) is 5. The van der Waals surface area contributed by atoms with Gasteiger partial charge in [0.25, 0.3) is 5.91 Å². The molecule has 122 valence electrons. The maximum absolute atomic E-state index is 12.1. The molecule has 0 spiro atoms. The zero-order valence-corrected chi connectivity index (χ0v) is 14.0. The van der Waals surface area contributed by atoms with Gasteiger partial charge in [0, 0.05) is 48.4 Å². The number of ether oxygens (including phenoxy) is 1. The number of carbonyl (C=O) groups is 1.